The van der Waals surface area contributed by atoms with Crippen LogP contribution in [0.2, 0.25) is 0 Å². The van der Waals surface area contributed by atoms with Crippen molar-refractivity contribution in [2.45, 2.75) is 271 Å². The molecule has 0 saturated heterocycles. The highest BCUT2D eigenvalue weighted by atomic mass is 16.6. The molecule has 0 bridgehead atoms. The number of rotatable bonds is 58. The first-order valence-electron chi connectivity index (χ1n) is 33.3. The van der Waals surface area contributed by atoms with E-state index >= 15 is 0 Å². The number of esters is 3. The topological polar surface area (TPSA) is 78.9 Å². The van der Waals surface area contributed by atoms with Crippen LogP contribution in [0, 0.1) is 0 Å². The molecule has 0 aromatic heterocycles. The Hall–Kier alpha value is -5.49. The van der Waals surface area contributed by atoms with Crippen LogP contribution < -0.4 is 0 Å². The van der Waals surface area contributed by atoms with Gasteiger partial charge in [-0.05, 0) is 141 Å². The summed E-state index contributed by atoms with van der Waals surface area (Å²) >= 11 is 0. The van der Waals surface area contributed by atoms with Crippen LogP contribution in [-0.2, 0) is 28.6 Å². The second-order valence-electron chi connectivity index (χ2n) is 21.3. The highest BCUT2D eigenvalue weighted by Gasteiger charge is 2.19. The van der Waals surface area contributed by atoms with Gasteiger partial charge in [0.15, 0.2) is 6.10 Å². The molecule has 0 N–H and O–H groups in total. The third kappa shape index (κ3) is 67.2. The Morgan fingerprint density at radius 2 is 0.470 bits per heavy atom. The highest BCUT2D eigenvalue weighted by Crippen LogP contribution is 2.14. The molecule has 0 spiro atoms. The van der Waals surface area contributed by atoms with E-state index in [1.807, 2.05) is 0 Å². The summed E-state index contributed by atoms with van der Waals surface area (Å²) in [6.07, 6.45) is 103. The number of hydrogen-bond acceptors (Lipinski definition) is 6. The summed E-state index contributed by atoms with van der Waals surface area (Å²) < 4.78 is 16.9. The Labute approximate surface area is 510 Å². The number of unbranched alkanes of at least 4 members (excludes halogenated alkanes) is 17. The van der Waals surface area contributed by atoms with Gasteiger partial charge < -0.3 is 14.2 Å². The predicted octanol–water partition coefficient (Wildman–Crippen LogP) is 23.2. The fourth-order valence-electron chi connectivity index (χ4n) is 8.50. The maximum Gasteiger partial charge on any atom is 0.306 e. The Morgan fingerprint density at radius 1 is 0.253 bits per heavy atom. The molecule has 1 unspecified atom stereocenters. The molecule has 0 aromatic carbocycles. The molecule has 0 aliphatic heterocycles. The first-order chi connectivity index (χ1) is 41.0. The smallest absolute Gasteiger partial charge is 0.306 e. The molecular weight excluding hydrogens is 1020 g/mol. The molecule has 0 aromatic rings. The van der Waals surface area contributed by atoms with E-state index in [4.69, 9.17) is 14.2 Å². The standard InChI is InChI=1S/C77H120O6/c1-4-7-10-13-16-19-22-25-27-29-31-32-33-34-35-36-37-38-39-40-41-42-43-44-46-47-49-52-55-58-61-64-67-70-76(79)82-73-74(72-81-75(78)69-66-63-60-57-54-51-24-21-18-15-12-9-6-3)83-77(80)71-68-65-62-59-56-53-50-48-45-30-28-26-23-20-17-14-11-8-5-2/h7-8,10-11,16-17,19-20,25-28,31-32,34-35,37-38,40-41,43-45,47-49,53,55-56,58,74H,4-6,9,12-15,18,21-24,29-30,33,36,39,42,46,50-52,54,57,59-73H2,1-3H3/b10-7-,11-8-,19-16-,20-17-,27-25-,28-26-,32-31-,35-34-,38-37-,41-40-,44-43-,48-45-,49-47-,56-53-,58-55-. The minimum absolute atomic E-state index is 0.112. The van der Waals surface area contributed by atoms with Crippen LogP contribution in [0.3, 0.4) is 0 Å². The first kappa shape index (κ1) is 77.5. The van der Waals surface area contributed by atoms with Gasteiger partial charge >= 0.3 is 17.9 Å². The van der Waals surface area contributed by atoms with Crippen LogP contribution in [0.4, 0.5) is 0 Å². The lowest BCUT2D eigenvalue weighted by Gasteiger charge is -2.18. The van der Waals surface area contributed by atoms with E-state index in [0.717, 1.165) is 148 Å². The summed E-state index contributed by atoms with van der Waals surface area (Å²) in [7, 11) is 0. The zero-order chi connectivity index (χ0) is 59.9. The lowest BCUT2D eigenvalue weighted by atomic mass is 10.0. The summed E-state index contributed by atoms with van der Waals surface area (Å²) in [6, 6.07) is 0. The van der Waals surface area contributed by atoms with Gasteiger partial charge in [-0.1, -0.05) is 287 Å². The minimum atomic E-state index is -0.823. The molecule has 464 valence electrons. The van der Waals surface area contributed by atoms with Gasteiger partial charge in [0.05, 0.1) is 0 Å². The highest BCUT2D eigenvalue weighted by molar-refractivity contribution is 5.71. The number of ether oxygens (including phenoxy) is 3. The number of carbonyl (C=O) groups is 3. The Balaban J connectivity index is 4.46. The second-order valence-corrected chi connectivity index (χ2v) is 21.3. The molecule has 0 rings (SSSR count). The van der Waals surface area contributed by atoms with Crippen molar-refractivity contribution in [2.24, 2.45) is 0 Å². The molecular formula is C77H120O6. The fraction of sp³-hybridized carbons (Fsp3) is 0.571. The van der Waals surface area contributed by atoms with Crippen molar-refractivity contribution in [3.63, 3.8) is 0 Å². The maximum absolute atomic E-state index is 12.9. The van der Waals surface area contributed by atoms with Crippen molar-refractivity contribution in [1.29, 1.82) is 0 Å². The van der Waals surface area contributed by atoms with Crippen molar-refractivity contribution in [1.82, 2.24) is 0 Å². The molecule has 0 fully saturated rings. The minimum Gasteiger partial charge on any atom is -0.462 e. The SMILES string of the molecule is CC/C=C\C/C=C\C/C=C\C/C=C\C/C=C\C/C=C\C/C=C\C/C=C\C/C=C\C/C=C\CCCCC(=O)OCC(COC(=O)CCCCCCCCCCCCCCC)OC(=O)CCCCC/C=C\C/C=C\C/C=C\C/C=C\C/C=C\CC. The number of carbonyl (C=O) groups excluding carboxylic acids is 3. The molecule has 0 radical (unpaired) electrons. The van der Waals surface area contributed by atoms with E-state index in [0.29, 0.717) is 19.3 Å². The summed E-state index contributed by atoms with van der Waals surface area (Å²) in [6.45, 7) is 6.34. The van der Waals surface area contributed by atoms with Crippen LogP contribution >= 0.6 is 0 Å². The molecule has 83 heavy (non-hydrogen) atoms. The van der Waals surface area contributed by atoms with Gasteiger partial charge in [-0.2, -0.15) is 0 Å². The van der Waals surface area contributed by atoms with E-state index in [2.05, 4.69) is 203 Å². The molecule has 0 aliphatic rings. The summed E-state index contributed by atoms with van der Waals surface area (Å²) in [5, 5.41) is 0. The van der Waals surface area contributed by atoms with Crippen molar-refractivity contribution in [3.05, 3.63) is 182 Å². The Bertz CT molecular complexity index is 1940. The molecule has 0 aliphatic carbocycles. The quantitative estimate of drug-likeness (QED) is 0.0261. The van der Waals surface area contributed by atoms with Gasteiger partial charge in [0.1, 0.15) is 13.2 Å². The fourth-order valence-corrected chi connectivity index (χ4v) is 8.50. The predicted molar refractivity (Wildman–Crippen MR) is 361 cm³/mol. The summed E-state index contributed by atoms with van der Waals surface area (Å²) in [4.78, 5) is 38.3. The molecule has 6 heteroatoms. The van der Waals surface area contributed by atoms with Gasteiger partial charge in [-0.3, -0.25) is 14.4 Å². The van der Waals surface area contributed by atoms with Crippen LogP contribution in [0.1, 0.15) is 265 Å². The zero-order valence-electron chi connectivity index (χ0n) is 53.1. The van der Waals surface area contributed by atoms with Crippen molar-refractivity contribution >= 4 is 17.9 Å². The average Bonchev–Trinajstić information content (AvgIpc) is 3.49. The van der Waals surface area contributed by atoms with E-state index in [1.165, 1.54) is 64.2 Å². The number of hydrogen-bond donors (Lipinski definition) is 0. The van der Waals surface area contributed by atoms with Gasteiger partial charge in [-0.15, -0.1) is 0 Å². The van der Waals surface area contributed by atoms with E-state index in [1.54, 1.807) is 0 Å². The van der Waals surface area contributed by atoms with Crippen molar-refractivity contribution in [2.75, 3.05) is 13.2 Å². The van der Waals surface area contributed by atoms with E-state index < -0.39 is 6.10 Å². The number of allylic oxidation sites excluding steroid dienone is 30. The third-order valence-electron chi connectivity index (χ3n) is 13.4. The van der Waals surface area contributed by atoms with Gasteiger partial charge in [-0.25, -0.2) is 0 Å². The van der Waals surface area contributed by atoms with Crippen LogP contribution in [0.25, 0.3) is 0 Å². The molecule has 0 amide bonds. The third-order valence-corrected chi connectivity index (χ3v) is 13.4. The lowest BCUT2D eigenvalue weighted by molar-refractivity contribution is -0.167. The normalized spacial score (nSPS) is 13.3. The monoisotopic (exact) mass is 1140 g/mol. The zero-order valence-corrected chi connectivity index (χ0v) is 53.1. The maximum atomic E-state index is 12.9. The van der Waals surface area contributed by atoms with Crippen LogP contribution in [0.15, 0.2) is 182 Å². The average molecular weight is 1140 g/mol. The largest absolute Gasteiger partial charge is 0.462 e. The molecule has 0 saturated carbocycles. The van der Waals surface area contributed by atoms with Crippen molar-refractivity contribution in [3.8, 4) is 0 Å². The lowest BCUT2D eigenvalue weighted by Crippen LogP contribution is -2.30. The van der Waals surface area contributed by atoms with Gasteiger partial charge in [0.2, 0.25) is 0 Å². The summed E-state index contributed by atoms with van der Waals surface area (Å²) in [5.74, 6) is -0.994. The van der Waals surface area contributed by atoms with Gasteiger partial charge in [0, 0.05) is 19.3 Å². The van der Waals surface area contributed by atoms with E-state index in [-0.39, 0.29) is 44.0 Å². The van der Waals surface area contributed by atoms with Crippen LogP contribution in [0.5, 0.6) is 0 Å². The van der Waals surface area contributed by atoms with E-state index in [9.17, 15) is 14.4 Å². The first-order valence-corrected chi connectivity index (χ1v) is 33.3. The van der Waals surface area contributed by atoms with Gasteiger partial charge in [0.25, 0.3) is 0 Å². The van der Waals surface area contributed by atoms with Crippen LogP contribution in [-0.4, -0.2) is 37.2 Å². The summed E-state index contributed by atoms with van der Waals surface area (Å²) in [5.41, 5.74) is 0. The molecule has 1 atom stereocenters. The molecule has 0 heterocycles. The van der Waals surface area contributed by atoms with Crippen molar-refractivity contribution < 1.29 is 28.6 Å². The second kappa shape index (κ2) is 69.0. The molecule has 6 nitrogen and oxygen atoms in total. The Kier molecular flexibility index (Phi) is 64.4. The Morgan fingerprint density at radius 3 is 0.759 bits per heavy atom.